The van der Waals surface area contributed by atoms with Crippen molar-refractivity contribution < 1.29 is 4.74 Å². The Balaban J connectivity index is 1.80. The molecule has 1 unspecified atom stereocenters. The molecule has 4 heteroatoms. The van der Waals surface area contributed by atoms with Gasteiger partial charge < -0.3 is 10.1 Å². The summed E-state index contributed by atoms with van der Waals surface area (Å²) in [6, 6.07) is 0.766. The minimum absolute atomic E-state index is 0.459. The predicted molar refractivity (Wildman–Crippen MR) is 74.6 cm³/mol. The molecule has 0 saturated carbocycles. The van der Waals surface area contributed by atoms with Crippen LogP contribution in [0, 0.1) is 0 Å². The van der Waals surface area contributed by atoms with Crippen LogP contribution in [0.1, 0.15) is 26.2 Å². The average Bonchev–Trinajstić information content (AvgIpc) is 2.81. The molecule has 0 aromatic rings. The fourth-order valence-corrected chi connectivity index (χ4v) is 4.89. The Morgan fingerprint density at radius 3 is 2.88 bits per heavy atom. The zero-order valence-corrected chi connectivity index (χ0v) is 11.8. The van der Waals surface area contributed by atoms with Gasteiger partial charge in [-0.3, -0.25) is 0 Å². The fourth-order valence-electron chi connectivity index (χ4n) is 2.45. The molecule has 0 aromatic carbocycles. The molecule has 0 spiro atoms. The van der Waals surface area contributed by atoms with E-state index in [1.54, 1.807) is 0 Å². The maximum Gasteiger partial charge on any atom is 0.0479 e. The van der Waals surface area contributed by atoms with Crippen molar-refractivity contribution in [3.63, 3.8) is 0 Å². The third kappa shape index (κ3) is 3.56. The topological polar surface area (TPSA) is 21.3 Å². The monoisotopic (exact) mass is 261 g/mol. The Morgan fingerprint density at radius 1 is 1.44 bits per heavy atom. The Morgan fingerprint density at radius 2 is 2.25 bits per heavy atom. The zero-order valence-electron chi connectivity index (χ0n) is 10.2. The molecule has 2 aliphatic rings. The van der Waals surface area contributed by atoms with Crippen molar-refractivity contribution >= 4 is 23.5 Å². The van der Waals surface area contributed by atoms with Crippen LogP contribution in [0.4, 0.5) is 0 Å². The first-order valence-electron chi connectivity index (χ1n) is 6.37. The van der Waals surface area contributed by atoms with E-state index in [9.17, 15) is 0 Å². The quantitative estimate of drug-likeness (QED) is 0.820. The first-order valence-corrected chi connectivity index (χ1v) is 8.51. The van der Waals surface area contributed by atoms with Crippen LogP contribution < -0.4 is 5.32 Å². The van der Waals surface area contributed by atoms with Gasteiger partial charge >= 0.3 is 0 Å². The first-order chi connectivity index (χ1) is 7.85. The van der Waals surface area contributed by atoms with E-state index in [1.807, 2.05) is 0 Å². The molecule has 1 atom stereocenters. The summed E-state index contributed by atoms with van der Waals surface area (Å²) in [7, 11) is 0. The molecule has 1 N–H and O–H groups in total. The number of hydrogen-bond donors (Lipinski definition) is 1. The van der Waals surface area contributed by atoms with E-state index >= 15 is 0 Å². The van der Waals surface area contributed by atoms with E-state index in [1.165, 1.54) is 43.1 Å². The van der Waals surface area contributed by atoms with Crippen LogP contribution in [0.3, 0.4) is 0 Å². The smallest absolute Gasteiger partial charge is 0.0479 e. The van der Waals surface area contributed by atoms with Gasteiger partial charge in [0, 0.05) is 36.3 Å². The second-order valence-electron chi connectivity index (χ2n) is 4.67. The summed E-state index contributed by atoms with van der Waals surface area (Å²) in [5.74, 6) is 3.87. The highest BCUT2D eigenvalue weighted by atomic mass is 32.2. The van der Waals surface area contributed by atoms with Gasteiger partial charge in [-0.15, -0.1) is 0 Å². The second-order valence-corrected chi connectivity index (χ2v) is 7.55. The minimum atomic E-state index is 0.459. The Bertz CT molecular complexity index is 196. The van der Waals surface area contributed by atoms with Gasteiger partial charge in [-0.25, -0.2) is 0 Å². The van der Waals surface area contributed by atoms with Gasteiger partial charge in [0.15, 0.2) is 0 Å². The van der Waals surface area contributed by atoms with E-state index in [4.69, 9.17) is 4.74 Å². The molecule has 2 heterocycles. The Labute approximate surface area is 108 Å². The molecule has 0 radical (unpaired) electrons. The summed E-state index contributed by atoms with van der Waals surface area (Å²) in [5.41, 5.74) is 0. The summed E-state index contributed by atoms with van der Waals surface area (Å²) in [5, 5.41) is 3.78. The summed E-state index contributed by atoms with van der Waals surface area (Å²) >= 11 is 4.22. The predicted octanol–water partition coefficient (Wildman–Crippen LogP) is 2.38. The molecular weight excluding hydrogens is 238 g/mol. The first kappa shape index (κ1) is 13.1. The molecule has 2 fully saturated rings. The molecule has 0 amide bonds. The van der Waals surface area contributed by atoms with Crippen molar-refractivity contribution in [3.05, 3.63) is 0 Å². The highest BCUT2D eigenvalue weighted by Crippen LogP contribution is 2.35. The van der Waals surface area contributed by atoms with Crippen LogP contribution in [-0.2, 0) is 4.74 Å². The number of rotatable bonds is 5. The van der Waals surface area contributed by atoms with E-state index in [2.05, 4.69) is 35.8 Å². The fraction of sp³-hybridized carbons (Fsp3) is 1.00. The molecule has 0 aromatic heterocycles. The van der Waals surface area contributed by atoms with E-state index in [0.29, 0.717) is 4.75 Å². The van der Waals surface area contributed by atoms with Crippen molar-refractivity contribution in [2.24, 2.45) is 0 Å². The molecule has 0 aliphatic carbocycles. The van der Waals surface area contributed by atoms with Gasteiger partial charge in [0.05, 0.1) is 0 Å². The van der Waals surface area contributed by atoms with Gasteiger partial charge in [-0.2, -0.15) is 23.5 Å². The minimum Gasteiger partial charge on any atom is -0.381 e. The van der Waals surface area contributed by atoms with E-state index in [0.717, 1.165) is 19.3 Å². The van der Waals surface area contributed by atoms with Crippen LogP contribution in [0.2, 0.25) is 0 Å². The summed E-state index contributed by atoms with van der Waals surface area (Å²) in [4.78, 5) is 0. The Kier molecular flexibility index (Phi) is 5.33. The maximum atomic E-state index is 5.50. The molecule has 2 nitrogen and oxygen atoms in total. The third-order valence-corrected chi connectivity index (χ3v) is 6.11. The molecule has 94 valence electrons. The van der Waals surface area contributed by atoms with Gasteiger partial charge in [0.2, 0.25) is 0 Å². The lowest BCUT2D eigenvalue weighted by Gasteiger charge is -2.37. The highest BCUT2D eigenvalue weighted by molar-refractivity contribution is 8.00. The van der Waals surface area contributed by atoms with Gasteiger partial charge in [-0.05, 0) is 30.8 Å². The summed E-state index contributed by atoms with van der Waals surface area (Å²) < 4.78 is 5.96. The second kappa shape index (κ2) is 6.53. The number of ether oxygens (including phenoxy) is 1. The van der Waals surface area contributed by atoms with Crippen LogP contribution in [0.5, 0.6) is 0 Å². The van der Waals surface area contributed by atoms with Gasteiger partial charge in [0.25, 0.3) is 0 Å². The van der Waals surface area contributed by atoms with Crippen LogP contribution in [0.15, 0.2) is 0 Å². The molecule has 0 bridgehead atoms. The summed E-state index contributed by atoms with van der Waals surface area (Å²) in [6.45, 7) is 5.36. The van der Waals surface area contributed by atoms with Crippen LogP contribution >= 0.6 is 23.5 Å². The van der Waals surface area contributed by atoms with E-state index < -0.39 is 0 Å². The maximum absolute atomic E-state index is 5.50. The lowest BCUT2D eigenvalue weighted by atomic mass is 9.98. The molecule has 2 rings (SSSR count). The van der Waals surface area contributed by atoms with Crippen molar-refractivity contribution in [1.82, 2.24) is 5.32 Å². The average molecular weight is 261 g/mol. The SMILES string of the molecule is CCSC1(CNC2CCSC2)CCOCC1. The van der Waals surface area contributed by atoms with E-state index in [-0.39, 0.29) is 0 Å². The number of nitrogens with one attached hydrogen (secondary N) is 1. The van der Waals surface area contributed by atoms with Crippen molar-refractivity contribution in [3.8, 4) is 0 Å². The zero-order chi connectivity index (χ0) is 11.3. The third-order valence-electron chi connectivity index (χ3n) is 3.50. The van der Waals surface area contributed by atoms with Crippen molar-refractivity contribution in [2.75, 3.05) is 37.0 Å². The standard InChI is InChI=1S/C12H23NOS2/c1-2-16-12(4-6-14-7-5-12)10-13-11-3-8-15-9-11/h11,13H,2-10H2,1H3. The normalized spacial score (nSPS) is 29.4. The van der Waals surface area contributed by atoms with Crippen LogP contribution in [0.25, 0.3) is 0 Å². The Hall–Kier alpha value is 0.620. The molecule has 16 heavy (non-hydrogen) atoms. The lowest BCUT2D eigenvalue weighted by molar-refractivity contribution is 0.0766. The van der Waals surface area contributed by atoms with Gasteiger partial charge in [0.1, 0.15) is 0 Å². The van der Waals surface area contributed by atoms with Gasteiger partial charge in [-0.1, -0.05) is 6.92 Å². The molecule has 2 aliphatic heterocycles. The number of hydrogen-bond acceptors (Lipinski definition) is 4. The molecular formula is C12H23NOS2. The van der Waals surface area contributed by atoms with Crippen LogP contribution in [-0.4, -0.2) is 47.8 Å². The van der Waals surface area contributed by atoms with Crippen molar-refractivity contribution in [1.29, 1.82) is 0 Å². The summed E-state index contributed by atoms with van der Waals surface area (Å²) in [6.07, 6.45) is 3.80. The lowest BCUT2D eigenvalue weighted by Crippen LogP contribution is -2.46. The molecule has 2 saturated heterocycles. The van der Waals surface area contributed by atoms with Crippen molar-refractivity contribution in [2.45, 2.75) is 37.0 Å². The largest absolute Gasteiger partial charge is 0.381 e. The highest BCUT2D eigenvalue weighted by Gasteiger charge is 2.33. The number of thioether (sulfide) groups is 2.